The van der Waals surface area contributed by atoms with Gasteiger partial charge in [-0.25, -0.2) is 4.98 Å². The van der Waals surface area contributed by atoms with Crippen molar-refractivity contribution in [2.45, 2.75) is 39.5 Å². The summed E-state index contributed by atoms with van der Waals surface area (Å²) in [6, 6.07) is 11.9. The minimum absolute atomic E-state index is 0.0137. The molecule has 0 aliphatic carbocycles. The normalized spacial score (nSPS) is 15.2. The molecule has 1 amide bonds. The van der Waals surface area contributed by atoms with Crippen molar-refractivity contribution in [3.8, 4) is 0 Å². The van der Waals surface area contributed by atoms with Crippen molar-refractivity contribution in [3.63, 3.8) is 0 Å². The molecular weight excluding hydrogens is 454 g/mol. The topological polar surface area (TPSA) is 45.7 Å². The summed E-state index contributed by atoms with van der Waals surface area (Å²) in [5, 5.41) is 1.42. The lowest BCUT2D eigenvalue weighted by molar-refractivity contribution is 0.0376. The van der Waals surface area contributed by atoms with Gasteiger partial charge in [-0.15, -0.1) is 0 Å². The van der Waals surface area contributed by atoms with Crippen LogP contribution in [0.2, 0.25) is 5.02 Å². The first-order chi connectivity index (χ1) is 15.7. The lowest BCUT2D eigenvalue weighted by Gasteiger charge is -2.28. The number of carbonyl (C=O) groups excluding carboxylic acids is 1. The fraction of sp³-hybridized carbons (Fsp3) is 0.462. The van der Waals surface area contributed by atoms with E-state index in [1.54, 1.807) is 11.3 Å². The van der Waals surface area contributed by atoms with Crippen LogP contribution in [-0.2, 0) is 10.2 Å². The van der Waals surface area contributed by atoms with Crippen molar-refractivity contribution in [1.29, 1.82) is 0 Å². The fourth-order valence-electron chi connectivity index (χ4n) is 4.03. The third-order valence-electron chi connectivity index (χ3n) is 6.17. The maximum atomic E-state index is 13.7. The Hall–Kier alpha value is -1.99. The van der Waals surface area contributed by atoms with Crippen LogP contribution in [0.5, 0.6) is 0 Å². The zero-order valence-electron chi connectivity index (χ0n) is 19.9. The highest BCUT2D eigenvalue weighted by Crippen LogP contribution is 2.34. The molecule has 0 bridgehead atoms. The van der Waals surface area contributed by atoms with Gasteiger partial charge in [-0.2, -0.15) is 0 Å². The van der Waals surface area contributed by atoms with Crippen LogP contribution in [0.1, 0.15) is 48.7 Å². The van der Waals surface area contributed by atoms with E-state index in [0.29, 0.717) is 17.1 Å². The number of thiazole rings is 1. The summed E-state index contributed by atoms with van der Waals surface area (Å²) in [7, 11) is 0. The Morgan fingerprint density at radius 3 is 2.52 bits per heavy atom. The maximum absolute atomic E-state index is 13.7. The zero-order chi connectivity index (χ0) is 23.6. The van der Waals surface area contributed by atoms with Gasteiger partial charge in [-0.3, -0.25) is 14.6 Å². The summed E-state index contributed by atoms with van der Waals surface area (Å²) in [6.45, 7) is 13.5. The van der Waals surface area contributed by atoms with Crippen molar-refractivity contribution >= 4 is 44.2 Å². The van der Waals surface area contributed by atoms with Gasteiger partial charge in [0.05, 0.1) is 23.4 Å². The average Bonchev–Trinajstić information content (AvgIpc) is 3.24. The molecule has 0 radical (unpaired) electrons. The standard InChI is InChI=1S/C26H32ClN3O2S/c1-18-21(27)10-11-22-23(18)28-25(33-22)30(13-5-12-29-14-16-32-17-15-29)24(31)19-6-8-20(9-7-19)26(2,3)4/h6-11H,5,12-17H2,1-4H3. The summed E-state index contributed by atoms with van der Waals surface area (Å²) in [4.78, 5) is 22.7. The second-order valence-corrected chi connectivity index (χ2v) is 11.0. The third-order valence-corrected chi connectivity index (χ3v) is 7.62. The number of morpholine rings is 1. The number of aromatic nitrogens is 1. The van der Waals surface area contributed by atoms with Gasteiger partial charge in [-0.1, -0.05) is 55.8 Å². The van der Waals surface area contributed by atoms with Crippen LogP contribution in [0.4, 0.5) is 5.13 Å². The van der Waals surface area contributed by atoms with Gasteiger partial charge in [0.25, 0.3) is 5.91 Å². The van der Waals surface area contributed by atoms with Crippen molar-refractivity contribution in [2.24, 2.45) is 0 Å². The molecule has 1 aromatic heterocycles. The number of aryl methyl sites for hydroxylation is 1. The minimum atomic E-state index is -0.0137. The molecule has 0 N–H and O–H groups in total. The fourth-order valence-corrected chi connectivity index (χ4v) is 5.24. The monoisotopic (exact) mass is 485 g/mol. The number of hydrogen-bond donors (Lipinski definition) is 0. The molecule has 3 aromatic rings. The Morgan fingerprint density at radius 2 is 1.85 bits per heavy atom. The smallest absolute Gasteiger partial charge is 0.260 e. The Morgan fingerprint density at radius 1 is 1.15 bits per heavy atom. The Balaban J connectivity index is 1.60. The predicted octanol–water partition coefficient (Wildman–Crippen LogP) is 5.92. The predicted molar refractivity (Wildman–Crippen MR) is 138 cm³/mol. The lowest BCUT2D eigenvalue weighted by Crippen LogP contribution is -2.39. The average molecular weight is 486 g/mol. The van der Waals surface area contributed by atoms with E-state index < -0.39 is 0 Å². The van der Waals surface area contributed by atoms with Gasteiger partial charge in [-0.05, 0) is 54.2 Å². The van der Waals surface area contributed by atoms with Crippen LogP contribution < -0.4 is 4.90 Å². The molecule has 0 spiro atoms. The van der Waals surface area contributed by atoms with E-state index in [0.717, 1.165) is 60.2 Å². The molecule has 0 saturated carbocycles. The molecule has 1 saturated heterocycles. The number of fused-ring (bicyclic) bond motifs is 1. The van der Waals surface area contributed by atoms with E-state index in [2.05, 4.69) is 37.8 Å². The molecule has 0 atom stereocenters. The molecule has 5 nitrogen and oxygen atoms in total. The van der Waals surface area contributed by atoms with Crippen LogP contribution in [0, 0.1) is 6.92 Å². The van der Waals surface area contributed by atoms with Crippen molar-refractivity contribution in [1.82, 2.24) is 9.88 Å². The largest absolute Gasteiger partial charge is 0.379 e. The molecule has 1 fully saturated rings. The summed E-state index contributed by atoms with van der Waals surface area (Å²) in [6.07, 6.45) is 0.876. The van der Waals surface area contributed by atoms with E-state index in [1.165, 1.54) is 5.56 Å². The number of halogens is 1. The molecule has 0 unspecified atom stereocenters. The van der Waals surface area contributed by atoms with Gasteiger partial charge < -0.3 is 4.74 Å². The van der Waals surface area contributed by atoms with Crippen molar-refractivity contribution < 1.29 is 9.53 Å². The van der Waals surface area contributed by atoms with E-state index in [1.807, 2.05) is 36.1 Å². The Labute approximate surface area is 205 Å². The van der Waals surface area contributed by atoms with Gasteiger partial charge in [0.2, 0.25) is 0 Å². The van der Waals surface area contributed by atoms with E-state index in [-0.39, 0.29) is 11.3 Å². The Bertz CT molecular complexity index is 1120. The molecule has 7 heteroatoms. The first-order valence-corrected chi connectivity index (χ1v) is 12.7. The number of amides is 1. The second kappa shape index (κ2) is 10.1. The molecule has 1 aliphatic heterocycles. The molecule has 1 aliphatic rings. The number of carbonyl (C=O) groups is 1. The van der Waals surface area contributed by atoms with Crippen molar-refractivity contribution in [2.75, 3.05) is 44.3 Å². The molecule has 2 heterocycles. The highest BCUT2D eigenvalue weighted by atomic mass is 35.5. The van der Waals surface area contributed by atoms with E-state index in [9.17, 15) is 4.79 Å². The molecular formula is C26H32ClN3O2S. The summed E-state index contributed by atoms with van der Waals surface area (Å²) in [5.41, 5.74) is 3.76. The number of nitrogens with zero attached hydrogens (tertiary/aromatic N) is 3. The van der Waals surface area contributed by atoms with E-state index >= 15 is 0 Å². The van der Waals surface area contributed by atoms with Crippen LogP contribution >= 0.6 is 22.9 Å². The second-order valence-electron chi connectivity index (χ2n) is 9.61. The number of benzene rings is 2. The molecule has 33 heavy (non-hydrogen) atoms. The Kier molecular flexibility index (Phi) is 7.39. The summed E-state index contributed by atoms with van der Waals surface area (Å²) in [5.74, 6) is -0.0137. The lowest BCUT2D eigenvalue weighted by atomic mass is 9.86. The zero-order valence-corrected chi connectivity index (χ0v) is 21.4. The van der Waals surface area contributed by atoms with Gasteiger partial charge in [0.15, 0.2) is 5.13 Å². The summed E-state index contributed by atoms with van der Waals surface area (Å²) < 4.78 is 6.50. The van der Waals surface area contributed by atoms with Crippen LogP contribution in [0.3, 0.4) is 0 Å². The minimum Gasteiger partial charge on any atom is -0.379 e. The van der Waals surface area contributed by atoms with Crippen molar-refractivity contribution in [3.05, 3.63) is 58.1 Å². The first-order valence-electron chi connectivity index (χ1n) is 11.5. The quantitative estimate of drug-likeness (QED) is 0.434. The van der Waals surface area contributed by atoms with Gasteiger partial charge >= 0.3 is 0 Å². The third kappa shape index (κ3) is 5.57. The highest BCUT2D eigenvalue weighted by Gasteiger charge is 2.23. The SMILES string of the molecule is Cc1c(Cl)ccc2sc(N(CCCN3CCOCC3)C(=O)c3ccc(C(C)(C)C)cc3)nc12. The van der Waals surface area contributed by atoms with Crippen LogP contribution in [0.15, 0.2) is 36.4 Å². The number of hydrogen-bond acceptors (Lipinski definition) is 5. The molecule has 176 valence electrons. The van der Waals surface area contributed by atoms with E-state index in [4.69, 9.17) is 21.3 Å². The number of ether oxygens (including phenoxy) is 1. The molecule has 4 rings (SSSR count). The number of rotatable bonds is 6. The van der Waals surface area contributed by atoms with Crippen LogP contribution in [0.25, 0.3) is 10.2 Å². The first kappa shape index (κ1) is 24.1. The van der Waals surface area contributed by atoms with Gasteiger partial charge in [0.1, 0.15) is 0 Å². The number of anilines is 1. The maximum Gasteiger partial charge on any atom is 0.260 e. The van der Waals surface area contributed by atoms with Crippen LogP contribution in [-0.4, -0.2) is 55.2 Å². The van der Waals surface area contributed by atoms with Gasteiger partial charge in [0, 0.05) is 36.8 Å². The summed E-state index contributed by atoms with van der Waals surface area (Å²) >= 11 is 7.87. The highest BCUT2D eigenvalue weighted by molar-refractivity contribution is 7.22. The molecule has 2 aromatic carbocycles.